The SMILES string of the molecule is CCc1ccc(S(=O)(=O)N2CCCC(N=C=O)C2)s1. The van der Waals surface area contributed by atoms with Gasteiger partial charge in [-0.05, 0) is 31.4 Å². The molecule has 0 aromatic carbocycles. The third-order valence-corrected chi connectivity index (χ3v) is 6.74. The van der Waals surface area contributed by atoms with Crippen LogP contribution < -0.4 is 0 Å². The quantitative estimate of drug-likeness (QED) is 0.629. The summed E-state index contributed by atoms with van der Waals surface area (Å²) in [5.41, 5.74) is 0. The second-order valence-corrected chi connectivity index (χ2v) is 7.79. The first-order chi connectivity index (χ1) is 9.07. The maximum atomic E-state index is 12.5. The van der Waals surface area contributed by atoms with Gasteiger partial charge in [-0.2, -0.15) is 4.31 Å². The average Bonchev–Trinajstić information content (AvgIpc) is 2.89. The second-order valence-electron chi connectivity index (χ2n) is 4.45. The smallest absolute Gasteiger partial charge is 0.211 e. The Morgan fingerprint density at radius 3 is 2.95 bits per heavy atom. The van der Waals surface area contributed by atoms with E-state index in [0.29, 0.717) is 10.8 Å². The van der Waals surface area contributed by atoms with E-state index >= 15 is 0 Å². The fraction of sp³-hybridized carbons (Fsp3) is 0.583. The highest BCUT2D eigenvalue weighted by molar-refractivity contribution is 7.91. The van der Waals surface area contributed by atoms with Crippen molar-refractivity contribution in [1.82, 2.24) is 4.31 Å². The van der Waals surface area contributed by atoms with E-state index in [2.05, 4.69) is 4.99 Å². The zero-order valence-corrected chi connectivity index (χ0v) is 12.3. The molecule has 1 unspecified atom stereocenters. The topological polar surface area (TPSA) is 66.8 Å². The summed E-state index contributed by atoms with van der Waals surface area (Å²) in [4.78, 5) is 15.0. The van der Waals surface area contributed by atoms with Crippen LogP contribution in [0, 0.1) is 0 Å². The lowest BCUT2D eigenvalue weighted by atomic mass is 10.1. The monoisotopic (exact) mass is 300 g/mol. The molecule has 1 saturated heterocycles. The molecule has 1 aliphatic heterocycles. The standard InChI is InChI=1S/C12H16N2O3S2/c1-2-11-5-6-12(18-11)19(16,17)14-7-3-4-10(8-14)13-9-15/h5-6,10H,2-4,7-8H2,1H3. The van der Waals surface area contributed by atoms with E-state index in [-0.39, 0.29) is 12.6 Å². The highest BCUT2D eigenvalue weighted by Gasteiger charge is 2.31. The maximum Gasteiger partial charge on any atom is 0.252 e. The lowest BCUT2D eigenvalue weighted by Crippen LogP contribution is -2.41. The van der Waals surface area contributed by atoms with Crippen LogP contribution in [0.2, 0.25) is 0 Å². The molecule has 2 rings (SSSR count). The van der Waals surface area contributed by atoms with E-state index in [0.717, 1.165) is 24.1 Å². The van der Waals surface area contributed by atoms with Gasteiger partial charge in [0.15, 0.2) is 0 Å². The van der Waals surface area contributed by atoms with Crippen molar-refractivity contribution in [3.05, 3.63) is 17.0 Å². The molecule has 5 nitrogen and oxygen atoms in total. The van der Waals surface area contributed by atoms with Gasteiger partial charge in [-0.1, -0.05) is 6.92 Å². The van der Waals surface area contributed by atoms with Crippen LogP contribution in [-0.2, 0) is 21.2 Å². The van der Waals surface area contributed by atoms with E-state index in [1.165, 1.54) is 21.7 Å². The van der Waals surface area contributed by atoms with Gasteiger partial charge in [0.25, 0.3) is 10.0 Å². The molecule has 0 amide bonds. The highest BCUT2D eigenvalue weighted by Crippen LogP contribution is 2.27. The summed E-state index contributed by atoms with van der Waals surface area (Å²) in [5.74, 6) is 0. The fourth-order valence-corrected chi connectivity index (χ4v) is 5.10. The van der Waals surface area contributed by atoms with Crippen molar-refractivity contribution in [2.75, 3.05) is 13.1 Å². The van der Waals surface area contributed by atoms with E-state index in [4.69, 9.17) is 0 Å². The summed E-state index contributed by atoms with van der Waals surface area (Å²) < 4.78 is 26.7. The summed E-state index contributed by atoms with van der Waals surface area (Å²) in [6.45, 7) is 2.77. The molecule has 1 aromatic rings. The molecule has 104 valence electrons. The van der Waals surface area contributed by atoms with Gasteiger partial charge < -0.3 is 0 Å². The number of aliphatic imine (C=N–C) groups is 1. The van der Waals surface area contributed by atoms with Gasteiger partial charge in [-0.25, -0.2) is 18.2 Å². The zero-order chi connectivity index (χ0) is 13.9. The maximum absolute atomic E-state index is 12.5. The van der Waals surface area contributed by atoms with Gasteiger partial charge in [0.2, 0.25) is 6.08 Å². The summed E-state index contributed by atoms with van der Waals surface area (Å²) >= 11 is 1.31. The van der Waals surface area contributed by atoms with Gasteiger partial charge in [-0.15, -0.1) is 11.3 Å². The number of piperidine rings is 1. The molecule has 0 N–H and O–H groups in total. The van der Waals surface area contributed by atoms with Gasteiger partial charge >= 0.3 is 0 Å². The molecular weight excluding hydrogens is 284 g/mol. The van der Waals surface area contributed by atoms with E-state index in [1.54, 1.807) is 6.07 Å². The summed E-state index contributed by atoms with van der Waals surface area (Å²) in [6, 6.07) is 3.25. The van der Waals surface area contributed by atoms with Gasteiger partial charge in [0, 0.05) is 18.0 Å². The number of hydrogen-bond donors (Lipinski definition) is 0. The molecule has 0 spiro atoms. The zero-order valence-electron chi connectivity index (χ0n) is 10.7. The molecule has 1 fully saturated rings. The van der Waals surface area contributed by atoms with Gasteiger partial charge in [-0.3, -0.25) is 0 Å². The molecule has 1 atom stereocenters. The predicted octanol–water partition coefficient (Wildman–Crippen LogP) is 1.80. The van der Waals surface area contributed by atoms with Crippen LogP contribution in [-0.4, -0.2) is 37.9 Å². The summed E-state index contributed by atoms with van der Waals surface area (Å²) in [5, 5.41) is 0. The third kappa shape index (κ3) is 3.12. The Bertz CT molecular complexity index is 588. The number of carbonyl (C=O) groups excluding carboxylic acids is 1. The Kier molecular flexibility index (Phi) is 4.52. The number of aryl methyl sites for hydroxylation is 1. The summed E-state index contributed by atoms with van der Waals surface area (Å²) in [6.07, 6.45) is 3.82. The molecule has 0 bridgehead atoms. The molecule has 1 aromatic heterocycles. The predicted molar refractivity (Wildman–Crippen MR) is 73.6 cm³/mol. The molecular formula is C12H16N2O3S2. The molecule has 19 heavy (non-hydrogen) atoms. The van der Waals surface area contributed by atoms with Crippen molar-refractivity contribution in [3.63, 3.8) is 0 Å². The normalized spacial score (nSPS) is 21.0. The molecule has 2 heterocycles. The first-order valence-electron chi connectivity index (χ1n) is 6.23. The first kappa shape index (κ1) is 14.4. The lowest BCUT2D eigenvalue weighted by Gasteiger charge is -2.28. The van der Waals surface area contributed by atoms with Crippen LogP contribution in [0.1, 0.15) is 24.6 Å². The van der Waals surface area contributed by atoms with Crippen molar-refractivity contribution in [3.8, 4) is 0 Å². The van der Waals surface area contributed by atoms with Crippen LogP contribution in [0.15, 0.2) is 21.3 Å². The Morgan fingerprint density at radius 2 is 2.32 bits per heavy atom. The van der Waals surface area contributed by atoms with Crippen LogP contribution in [0.25, 0.3) is 0 Å². The van der Waals surface area contributed by atoms with E-state index in [9.17, 15) is 13.2 Å². The van der Waals surface area contributed by atoms with E-state index < -0.39 is 10.0 Å². The number of thiophene rings is 1. The van der Waals surface area contributed by atoms with Crippen molar-refractivity contribution in [2.45, 2.75) is 36.4 Å². The third-order valence-electron chi connectivity index (χ3n) is 3.17. The fourth-order valence-electron chi connectivity index (χ4n) is 2.13. The Hall–Kier alpha value is -1.01. The minimum absolute atomic E-state index is 0.258. The average molecular weight is 300 g/mol. The largest absolute Gasteiger partial charge is 0.252 e. The van der Waals surface area contributed by atoms with Crippen LogP contribution in [0.3, 0.4) is 0 Å². The van der Waals surface area contributed by atoms with Crippen LogP contribution in [0.4, 0.5) is 0 Å². The van der Waals surface area contributed by atoms with E-state index in [1.807, 2.05) is 13.0 Å². The molecule has 7 heteroatoms. The molecule has 0 aliphatic carbocycles. The van der Waals surface area contributed by atoms with Crippen molar-refractivity contribution in [1.29, 1.82) is 0 Å². The first-order valence-corrected chi connectivity index (χ1v) is 8.49. The number of sulfonamides is 1. The lowest BCUT2D eigenvalue weighted by molar-refractivity contribution is 0.317. The highest BCUT2D eigenvalue weighted by atomic mass is 32.2. The van der Waals surface area contributed by atoms with Crippen molar-refractivity contribution in [2.24, 2.45) is 4.99 Å². The number of rotatable bonds is 4. The Morgan fingerprint density at radius 1 is 1.53 bits per heavy atom. The number of nitrogens with zero attached hydrogens (tertiary/aromatic N) is 2. The molecule has 0 radical (unpaired) electrons. The van der Waals surface area contributed by atoms with Gasteiger partial charge in [0.1, 0.15) is 4.21 Å². The summed E-state index contributed by atoms with van der Waals surface area (Å²) in [7, 11) is -3.44. The molecule has 1 aliphatic rings. The van der Waals surface area contributed by atoms with Crippen molar-refractivity contribution >= 4 is 27.4 Å². The Balaban J connectivity index is 2.21. The number of hydrogen-bond acceptors (Lipinski definition) is 5. The van der Waals surface area contributed by atoms with Gasteiger partial charge in [0.05, 0.1) is 6.04 Å². The van der Waals surface area contributed by atoms with Crippen LogP contribution in [0.5, 0.6) is 0 Å². The minimum Gasteiger partial charge on any atom is -0.211 e. The molecule has 0 saturated carbocycles. The number of isocyanates is 1. The van der Waals surface area contributed by atoms with Crippen molar-refractivity contribution < 1.29 is 13.2 Å². The minimum atomic E-state index is -3.44. The second kappa shape index (κ2) is 5.96. The van der Waals surface area contributed by atoms with Crippen LogP contribution >= 0.6 is 11.3 Å². The Labute approximate surface area is 117 Å².